The summed E-state index contributed by atoms with van der Waals surface area (Å²) in [6, 6.07) is 0. The molecule has 0 bridgehead atoms. The van der Waals surface area contributed by atoms with Crippen molar-refractivity contribution < 1.29 is 28.8 Å². The van der Waals surface area contributed by atoms with Crippen LogP contribution in [0.2, 0.25) is 0 Å². The lowest BCUT2D eigenvalue weighted by molar-refractivity contribution is -0.215. The van der Waals surface area contributed by atoms with Crippen LogP contribution in [-0.4, -0.2) is 54.5 Å². The molecule has 0 aromatic carbocycles. The van der Waals surface area contributed by atoms with Crippen molar-refractivity contribution in [3.05, 3.63) is 11.6 Å². The molecule has 1 N–H and O–H groups in total. The van der Waals surface area contributed by atoms with Gasteiger partial charge >= 0.3 is 0 Å². The lowest BCUT2D eigenvalue weighted by atomic mass is 10.0. The van der Waals surface area contributed by atoms with Gasteiger partial charge in [-0.3, -0.25) is 0 Å². The number of hydrogen-bond acceptors (Lipinski definition) is 6. The van der Waals surface area contributed by atoms with Gasteiger partial charge < -0.3 is 28.8 Å². The molecule has 6 nitrogen and oxygen atoms in total. The van der Waals surface area contributed by atoms with Crippen molar-refractivity contribution in [3.63, 3.8) is 0 Å². The Kier molecular flexibility index (Phi) is 3.44. The molecule has 3 fully saturated rings. The molecule has 0 amide bonds. The Morgan fingerprint density at radius 2 is 1.85 bits per heavy atom. The fraction of sp³-hybridized carbons (Fsp3) is 0.857. The Labute approximate surface area is 118 Å². The minimum absolute atomic E-state index is 0.0703. The molecule has 0 saturated carbocycles. The topological polar surface area (TPSA) is 66.4 Å². The maximum absolute atomic E-state index is 9.24. The summed E-state index contributed by atoms with van der Waals surface area (Å²) < 4.78 is 28.9. The fourth-order valence-corrected chi connectivity index (χ4v) is 2.94. The summed E-state index contributed by atoms with van der Waals surface area (Å²) >= 11 is 0. The summed E-state index contributed by atoms with van der Waals surface area (Å²) in [5.74, 6) is -1.29. The number of ether oxygens (including phenoxy) is 5. The van der Waals surface area contributed by atoms with E-state index in [9.17, 15) is 5.11 Å². The molecule has 6 heteroatoms. The van der Waals surface area contributed by atoms with Gasteiger partial charge in [0.1, 0.15) is 18.3 Å². The molecule has 0 aromatic heterocycles. The highest BCUT2D eigenvalue weighted by atomic mass is 16.8. The van der Waals surface area contributed by atoms with Gasteiger partial charge in [-0.15, -0.1) is 0 Å². The van der Waals surface area contributed by atoms with Crippen molar-refractivity contribution in [3.8, 4) is 0 Å². The first-order chi connectivity index (χ1) is 9.31. The second-order valence-electron chi connectivity index (χ2n) is 6.24. The molecule has 114 valence electrons. The molecule has 4 atom stereocenters. The average molecular weight is 286 g/mol. The summed E-state index contributed by atoms with van der Waals surface area (Å²) in [7, 11) is 0. The smallest absolute Gasteiger partial charge is 0.191 e. The molecular formula is C14H22O6. The molecule has 0 spiro atoms. The third-order valence-electron chi connectivity index (χ3n) is 3.69. The van der Waals surface area contributed by atoms with E-state index in [1.165, 1.54) is 0 Å². The maximum atomic E-state index is 9.24. The first kappa shape index (κ1) is 14.4. The molecule has 3 aliphatic heterocycles. The summed E-state index contributed by atoms with van der Waals surface area (Å²) in [6.07, 6.45) is 0.433. The quantitative estimate of drug-likeness (QED) is 0.762. The maximum Gasteiger partial charge on any atom is 0.191 e. The normalized spacial score (nSPS) is 44.1. The van der Waals surface area contributed by atoms with Gasteiger partial charge in [-0.05, 0) is 33.3 Å². The molecular weight excluding hydrogens is 264 g/mol. The first-order valence-corrected chi connectivity index (χ1v) is 6.95. The second kappa shape index (κ2) is 4.76. The van der Waals surface area contributed by atoms with Crippen molar-refractivity contribution in [2.45, 2.75) is 63.9 Å². The summed E-state index contributed by atoms with van der Waals surface area (Å²) in [6.45, 7) is 7.81. The Morgan fingerprint density at radius 3 is 2.45 bits per heavy atom. The zero-order chi connectivity index (χ0) is 14.5. The number of hydrogen-bond donors (Lipinski definition) is 1. The summed E-state index contributed by atoms with van der Waals surface area (Å²) in [5, 5.41) is 9.24. The average Bonchev–Trinajstić information content (AvgIpc) is 2.91. The Hall–Kier alpha value is -0.500. The van der Waals surface area contributed by atoms with E-state index >= 15 is 0 Å². The standard InChI is InChI=1S/C14H22O6/c1-13(2)16-7-9(18-13)10-8(5-6-15)11-12(17-10)20-14(3,4)19-11/h5,9-12,15H,6-7H2,1-4H3/b8-5+/t9?,10-,11+,12+/m0/s1. The van der Waals surface area contributed by atoms with E-state index in [4.69, 9.17) is 23.7 Å². The summed E-state index contributed by atoms with van der Waals surface area (Å²) in [5.41, 5.74) is 0.870. The number of rotatable bonds is 2. The van der Waals surface area contributed by atoms with Gasteiger partial charge in [-0.25, -0.2) is 0 Å². The van der Waals surface area contributed by atoms with Crippen LogP contribution in [0.15, 0.2) is 11.6 Å². The molecule has 0 aromatic rings. The number of aliphatic hydroxyl groups is 1. The number of fused-ring (bicyclic) bond motifs is 1. The molecule has 3 aliphatic rings. The van der Waals surface area contributed by atoms with Gasteiger partial charge in [0.15, 0.2) is 17.9 Å². The highest BCUT2D eigenvalue weighted by Crippen LogP contribution is 2.43. The Morgan fingerprint density at radius 1 is 1.10 bits per heavy atom. The van der Waals surface area contributed by atoms with Gasteiger partial charge in [0, 0.05) is 0 Å². The van der Waals surface area contributed by atoms with Crippen LogP contribution in [-0.2, 0) is 23.7 Å². The molecule has 3 heterocycles. The molecule has 20 heavy (non-hydrogen) atoms. The van der Waals surface area contributed by atoms with Gasteiger partial charge in [-0.2, -0.15) is 0 Å². The van der Waals surface area contributed by atoms with E-state index in [0.29, 0.717) is 6.61 Å². The van der Waals surface area contributed by atoms with Crippen molar-refractivity contribution in [2.75, 3.05) is 13.2 Å². The van der Waals surface area contributed by atoms with E-state index in [-0.39, 0.29) is 24.9 Å². The molecule has 1 unspecified atom stereocenters. The van der Waals surface area contributed by atoms with Crippen molar-refractivity contribution in [1.29, 1.82) is 0 Å². The monoisotopic (exact) mass is 286 g/mol. The lowest BCUT2D eigenvalue weighted by Gasteiger charge is -2.25. The van der Waals surface area contributed by atoms with Crippen molar-refractivity contribution in [2.24, 2.45) is 0 Å². The minimum Gasteiger partial charge on any atom is -0.392 e. The summed E-state index contributed by atoms with van der Waals surface area (Å²) in [4.78, 5) is 0. The number of aliphatic hydroxyl groups excluding tert-OH is 1. The van der Waals surface area contributed by atoms with Crippen molar-refractivity contribution >= 4 is 0 Å². The second-order valence-corrected chi connectivity index (χ2v) is 6.24. The predicted molar refractivity (Wildman–Crippen MR) is 68.8 cm³/mol. The van der Waals surface area contributed by atoms with Crippen LogP contribution < -0.4 is 0 Å². The lowest BCUT2D eigenvalue weighted by Crippen LogP contribution is -2.35. The van der Waals surface area contributed by atoms with E-state index in [1.807, 2.05) is 27.7 Å². The van der Waals surface area contributed by atoms with Gasteiger partial charge in [0.2, 0.25) is 0 Å². The van der Waals surface area contributed by atoms with Gasteiger partial charge in [0.25, 0.3) is 0 Å². The Balaban J connectivity index is 1.79. The highest BCUT2D eigenvalue weighted by Gasteiger charge is 2.55. The first-order valence-electron chi connectivity index (χ1n) is 6.95. The molecule has 3 rings (SSSR count). The van der Waals surface area contributed by atoms with Crippen LogP contribution in [0.3, 0.4) is 0 Å². The van der Waals surface area contributed by atoms with Crippen LogP contribution in [0.1, 0.15) is 27.7 Å². The van der Waals surface area contributed by atoms with E-state index < -0.39 is 17.9 Å². The fourth-order valence-electron chi connectivity index (χ4n) is 2.94. The van der Waals surface area contributed by atoms with Crippen LogP contribution in [0.4, 0.5) is 0 Å². The van der Waals surface area contributed by atoms with Crippen LogP contribution in [0, 0.1) is 0 Å². The van der Waals surface area contributed by atoms with Crippen LogP contribution in [0.5, 0.6) is 0 Å². The van der Waals surface area contributed by atoms with E-state index in [0.717, 1.165) is 5.57 Å². The van der Waals surface area contributed by atoms with Crippen LogP contribution in [0.25, 0.3) is 0 Å². The Bertz CT molecular complexity index is 416. The van der Waals surface area contributed by atoms with Crippen molar-refractivity contribution in [1.82, 2.24) is 0 Å². The van der Waals surface area contributed by atoms with E-state index in [2.05, 4.69) is 0 Å². The third kappa shape index (κ3) is 2.52. The SMILES string of the molecule is CC1(C)OCC([C@H]2O[C@@H]3OC(C)(C)O[C@@H]3/C2=C/CO)O1. The molecule has 0 radical (unpaired) electrons. The molecule has 0 aliphatic carbocycles. The minimum atomic E-state index is -0.679. The van der Waals surface area contributed by atoms with E-state index in [1.54, 1.807) is 6.08 Å². The largest absolute Gasteiger partial charge is 0.392 e. The zero-order valence-corrected chi connectivity index (χ0v) is 12.3. The predicted octanol–water partition coefficient (Wildman–Crippen LogP) is 0.933. The highest BCUT2D eigenvalue weighted by molar-refractivity contribution is 5.23. The van der Waals surface area contributed by atoms with Gasteiger partial charge in [-0.1, -0.05) is 6.08 Å². The zero-order valence-electron chi connectivity index (χ0n) is 12.3. The van der Waals surface area contributed by atoms with Crippen LogP contribution >= 0.6 is 0 Å². The molecule has 3 saturated heterocycles. The van der Waals surface area contributed by atoms with Gasteiger partial charge in [0.05, 0.1) is 13.2 Å². The third-order valence-corrected chi connectivity index (χ3v) is 3.69.